The van der Waals surface area contributed by atoms with Crippen LogP contribution in [0.3, 0.4) is 0 Å². The number of hydrogen-bond donors (Lipinski definition) is 1. The maximum atomic E-state index is 12.2. The van der Waals surface area contributed by atoms with Crippen molar-refractivity contribution in [2.24, 2.45) is 5.92 Å². The van der Waals surface area contributed by atoms with Crippen molar-refractivity contribution in [2.75, 3.05) is 13.7 Å². The molecule has 114 valence electrons. The summed E-state index contributed by atoms with van der Waals surface area (Å²) in [6, 6.07) is 10.3. The molecule has 3 rings (SSSR count). The third kappa shape index (κ3) is 2.47. The van der Waals surface area contributed by atoms with Crippen molar-refractivity contribution in [3.05, 3.63) is 35.9 Å². The lowest BCUT2D eigenvalue weighted by Gasteiger charge is -2.41. The molecule has 0 saturated carbocycles. The Balaban J connectivity index is 1.85. The number of ether oxygens (including phenoxy) is 1. The second kappa shape index (κ2) is 5.78. The Hall–Kier alpha value is -1.39. The van der Waals surface area contributed by atoms with E-state index in [0.717, 1.165) is 18.4 Å². The van der Waals surface area contributed by atoms with Gasteiger partial charge in [0, 0.05) is 18.0 Å². The van der Waals surface area contributed by atoms with Crippen LogP contribution >= 0.6 is 0 Å². The number of benzene rings is 1. The molecule has 0 spiro atoms. The molecule has 0 radical (unpaired) electrons. The summed E-state index contributed by atoms with van der Waals surface area (Å²) in [6.07, 6.45) is 1.17. The van der Waals surface area contributed by atoms with Crippen molar-refractivity contribution in [1.29, 1.82) is 0 Å². The molecule has 21 heavy (non-hydrogen) atoms. The van der Waals surface area contributed by atoms with Crippen LogP contribution in [0.2, 0.25) is 0 Å². The largest absolute Gasteiger partial charge is 0.466 e. The van der Waals surface area contributed by atoms with Gasteiger partial charge in [-0.1, -0.05) is 30.3 Å². The number of carbonyl (C=O) groups is 1. The summed E-state index contributed by atoms with van der Waals surface area (Å²) in [5, 5.41) is 10.8. The summed E-state index contributed by atoms with van der Waals surface area (Å²) in [5.41, 5.74) is 1.16. The van der Waals surface area contributed by atoms with Crippen LogP contribution in [0.15, 0.2) is 30.3 Å². The molecule has 2 aliphatic heterocycles. The van der Waals surface area contributed by atoms with E-state index in [-0.39, 0.29) is 23.8 Å². The number of carbonyl (C=O) groups excluding carboxylic acids is 1. The number of aliphatic hydroxyl groups excluding tert-OH is 1. The molecule has 2 heterocycles. The van der Waals surface area contributed by atoms with Crippen LogP contribution in [-0.4, -0.2) is 47.8 Å². The number of hydrogen-bond acceptors (Lipinski definition) is 4. The molecule has 0 aromatic heterocycles. The highest BCUT2D eigenvalue weighted by Gasteiger charge is 2.53. The van der Waals surface area contributed by atoms with E-state index in [1.807, 2.05) is 32.2 Å². The van der Waals surface area contributed by atoms with Crippen LogP contribution in [0.4, 0.5) is 0 Å². The van der Waals surface area contributed by atoms with Gasteiger partial charge in [-0.05, 0) is 32.4 Å². The first kappa shape index (κ1) is 14.5. The fourth-order valence-electron chi connectivity index (χ4n) is 4.06. The average molecular weight is 289 g/mol. The number of esters is 1. The number of nitrogens with zero attached hydrogens (tertiary/aromatic N) is 1. The number of aliphatic hydroxyl groups is 1. The van der Waals surface area contributed by atoms with E-state index in [4.69, 9.17) is 4.74 Å². The van der Waals surface area contributed by atoms with E-state index in [1.54, 1.807) is 0 Å². The highest BCUT2D eigenvalue weighted by atomic mass is 16.5. The second-order valence-corrected chi connectivity index (χ2v) is 6.15. The van der Waals surface area contributed by atoms with Crippen LogP contribution in [0.1, 0.15) is 31.2 Å². The first-order chi connectivity index (χ1) is 10.1. The maximum absolute atomic E-state index is 12.2. The lowest BCUT2D eigenvalue weighted by atomic mass is 9.82. The standard InChI is InChI=1S/C17H23NO3/c1-3-21-17(20)14-10-12-9-13(11-7-5-4-6-8-11)16(19)15(14)18(12)2/h4-8,12-16,19H,3,9-10H2,1-2H3/t12-,13-,14-,15-,16+/m1/s1. The minimum atomic E-state index is -0.523. The van der Waals surface area contributed by atoms with E-state index in [1.165, 1.54) is 0 Å². The summed E-state index contributed by atoms with van der Waals surface area (Å²) < 4.78 is 5.19. The van der Waals surface area contributed by atoms with E-state index < -0.39 is 6.10 Å². The normalized spacial score (nSPS) is 35.7. The predicted molar refractivity (Wildman–Crippen MR) is 79.9 cm³/mol. The molecule has 0 aliphatic carbocycles. The monoisotopic (exact) mass is 289 g/mol. The van der Waals surface area contributed by atoms with Gasteiger partial charge in [0.15, 0.2) is 0 Å². The lowest BCUT2D eigenvalue weighted by molar-refractivity contribution is -0.150. The molecule has 0 amide bonds. The zero-order valence-electron chi connectivity index (χ0n) is 12.6. The average Bonchev–Trinajstić information content (AvgIpc) is 2.72. The Labute approximate surface area is 125 Å². The van der Waals surface area contributed by atoms with Gasteiger partial charge in [-0.25, -0.2) is 0 Å². The molecule has 2 saturated heterocycles. The van der Waals surface area contributed by atoms with Crippen molar-refractivity contribution in [3.63, 3.8) is 0 Å². The van der Waals surface area contributed by atoms with E-state index in [2.05, 4.69) is 17.0 Å². The lowest BCUT2D eigenvalue weighted by Crippen LogP contribution is -2.51. The third-order valence-corrected chi connectivity index (χ3v) is 5.09. The Kier molecular flexibility index (Phi) is 4.00. The van der Waals surface area contributed by atoms with Gasteiger partial charge in [-0.15, -0.1) is 0 Å². The van der Waals surface area contributed by atoms with E-state index >= 15 is 0 Å². The van der Waals surface area contributed by atoms with Crippen molar-refractivity contribution in [3.8, 4) is 0 Å². The summed E-state index contributed by atoms with van der Waals surface area (Å²) in [5.74, 6) is -0.259. The van der Waals surface area contributed by atoms with Gasteiger partial charge in [-0.3, -0.25) is 9.69 Å². The van der Waals surface area contributed by atoms with Gasteiger partial charge in [0.25, 0.3) is 0 Å². The van der Waals surface area contributed by atoms with Gasteiger partial charge in [0.1, 0.15) is 0 Å². The van der Waals surface area contributed by atoms with Gasteiger partial charge >= 0.3 is 5.97 Å². The topological polar surface area (TPSA) is 49.8 Å². The van der Waals surface area contributed by atoms with Crippen molar-refractivity contribution < 1.29 is 14.6 Å². The summed E-state index contributed by atoms with van der Waals surface area (Å²) in [4.78, 5) is 14.3. The molecule has 4 heteroatoms. The molecular formula is C17H23NO3. The fraction of sp³-hybridized carbons (Fsp3) is 0.588. The smallest absolute Gasteiger partial charge is 0.310 e. The van der Waals surface area contributed by atoms with E-state index in [0.29, 0.717) is 12.6 Å². The Bertz CT molecular complexity index is 504. The fourth-order valence-corrected chi connectivity index (χ4v) is 4.06. The van der Waals surface area contributed by atoms with Crippen LogP contribution in [0.25, 0.3) is 0 Å². The van der Waals surface area contributed by atoms with Crippen LogP contribution < -0.4 is 0 Å². The molecule has 1 aromatic carbocycles. The highest BCUT2D eigenvalue weighted by Crippen LogP contribution is 2.45. The number of fused-ring (bicyclic) bond motifs is 2. The van der Waals surface area contributed by atoms with Crippen LogP contribution in [0, 0.1) is 5.92 Å². The van der Waals surface area contributed by atoms with Crippen molar-refractivity contribution in [2.45, 2.75) is 43.9 Å². The molecule has 2 aliphatic rings. The zero-order chi connectivity index (χ0) is 15.0. The SMILES string of the molecule is CCOC(=O)[C@@H]1C[C@H]2C[C@H](c3ccccc3)[C@H](O)[C@@H]1N2C. The Morgan fingerprint density at radius 2 is 2.05 bits per heavy atom. The molecule has 2 fully saturated rings. The Morgan fingerprint density at radius 1 is 1.33 bits per heavy atom. The van der Waals surface area contributed by atoms with Crippen LogP contribution in [0.5, 0.6) is 0 Å². The minimum Gasteiger partial charge on any atom is -0.466 e. The predicted octanol–water partition coefficient (Wildman–Crippen LogP) is 1.79. The minimum absolute atomic E-state index is 0.108. The number of likely N-dealkylation sites (N-methyl/N-ethyl adjacent to an activating group) is 1. The molecule has 0 unspecified atom stereocenters. The molecule has 1 aromatic rings. The molecular weight excluding hydrogens is 266 g/mol. The van der Waals surface area contributed by atoms with Crippen molar-refractivity contribution in [1.82, 2.24) is 4.90 Å². The van der Waals surface area contributed by atoms with Gasteiger partial charge in [0.2, 0.25) is 0 Å². The second-order valence-electron chi connectivity index (χ2n) is 6.15. The zero-order valence-corrected chi connectivity index (χ0v) is 12.6. The van der Waals surface area contributed by atoms with Gasteiger partial charge in [0.05, 0.1) is 18.6 Å². The number of rotatable bonds is 3. The van der Waals surface area contributed by atoms with Gasteiger partial charge in [-0.2, -0.15) is 0 Å². The molecule has 2 bridgehead atoms. The maximum Gasteiger partial charge on any atom is 0.310 e. The van der Waals surface area contributed by atoms with E-state index in [9.17, 15) is 9.90 Å². The summed E-state index contributed by atoms with van der Waals surface area (Å²) in [7, 11) is 2.01. The first-order valence-electron chi connectivity index (χ1n) is 7.75. The number of piperidine rings is 1. The molecule has 4 nitrogen and oxygen atoms in total. The highest BCUT2D eigenvalue weighted by molar-refractivity contribution is 5.74. The first-order valence-corrected chi connectivity index (χ1v) is 7.75. The summed E-state index contributed by atoms with van der Waals surface area (Å²) >= 11 is 0. The van der Waals surface area contributed by atoms with Crippen molar-refractivity contribution >= 4 is 5.97 Å². The Morgan fingerprint density at radius 3 is 2.71 bits per heavy atom. The summed E-state index contributed by atoms with van der Waals surface area (Å²) in [6.45, 7) is 2.22. The quantitative estimate of drug-likeness (QED) is 0.862. The molecule has 1 N–H and O–H groups in total. The third-order valence-electron chi connectivity index (χ3n) is 5.09. The van der Waals surface area contributed by atoms with Crippen LogP contribution in [-0.2, 0) is 9.53 Å². The molecule has 5 atom stereocenters. The van der Waals surface area contributed by atoms with Gasteiger partial charge < -0.3 is 9.84 Å².